The van der Waals surface area contributed by atoms with Gasteiger partial charge in [0.25, 0.3) is 5.56 Å². The Morgan fingerprint density at radius 2 is 2.00 bits per heavy atom. The molecule has 5 nitrogen and oxygen atoms in total. The van der Waals surface area contributed by atoms with Gasteiger partial charge in [0.05, 0.1) is 22.0 Å². The molecule has 0 unspecified atom stereocenters. The summed E-state index contributed by atoms with van der Waals surface area (Å²) in [4.78, 5) is 17.0. The molecular weight excluding hydrogens is 349 g/mol. The SMILES string of the molecule is N#CCn1c(COc2ccc(Cl)cc2Cl)nc2ccccc2c1=O. The van der Waals surface area contributed by atoms with Crippen LogP contribution in [0.15, 0.2) is 47.3 Å². The molecule has 3 rings (SSSR count). The predicted molar refractivity (Wildman–Crippen MR) is 92.4 cm³/mol. The maximum Gasteiger partial charge on any atom is 0.262 e. The lowest BCUT2D eigenvalue weighted by Gasteiger charge is -2.12. The Kier molecular flexibility index (Phi) is 4.70. The van der Waals surface area contributed by atoms with Crippen molar-refractivity contribution < 1.29 is 4.74 Å². The zero-order chi connectivity index (χ0) is 17.1. The van der Waals surface area contributed by atoms with Crippen molar-refractivity contribution in [1.29, 1.82) is 5.26 Å². The summed E-state index contributed by atoms with van der Waals surface area (Å²) in [5.74, 6) is 0.776. The molecule has 0 radical (unpaired) electrons. The summed E-state index contributed by atoms with van der Waals surface area (Å²) in [5.41, 5.74) is 0.278. The van der Waals surface area contributed by atoms with Gasteiger partial charge in [0.1, 0.15) is 18.9 Å². The number of hydrogen-bond donors (Lipinski definition) is 0. The van der Waals surface area contributed by atoms with Crippen LogP contribution >= 0.6 is 23.2 Å². The third kappa shape index (κ3) is 3.21. The van der Waals surface area contributed by atoms with Gasteiger partial charge in [-0.15, -0.1) is 0 Å². The molecule has 0 saturated carbocycles. The van der Waals surface area contributed by atoms with E-state index >= 15 is 0 Å². The van der Waals surface area contributed by atoms with Crippen LogP contribution < -0.4 is 10.3 Å². The number of benzene rings is 2. The van der Waals surface area contributed by atoms with Gasteiger partial charge in [0.15, 0.2) is 5.82 Å². The summed E-state index contributed by atoms with van der Waals surface area (Å²) >= 11 is 11.9. The quantitative estimate of drug-likeness (QED) is 0.710. The smallest absolute Gasteiger partial charge is 0.262 e. The van der Waals surface area contributed by atoms with E-state index in [1.54, 1.807) is 42.5 Å². The number of nitriles is 1. The highest BCUT2D eigenvalue weighted by Crippen LogP contribution is 2.28. The lowest BCUT2D eigenvalue weighted by molar-refractivity contribution is 0.289. The van der Waals surface area contributed by atoms with Crippen molar-refractivity contribution in [2.75, 3.05) is 0 Å². The first-order valence-corrected chi connectivity index (χ1v) is 7.79. The number of para-hydroxylation sites is 1. The summed E-state index contributed by atoms with van der Waals surface area (Å²) in [5, 5.41) is 10.3. The minimum atomic E-state index is -0.275. The molecule has 0 amide bonds. The molecule has 0 fully saturated rings. The van der Waals surface area contributed by atoms with E-state index in [1.165, 1.54) is 4.57 Å². The summed E-state index contributed by atoms with van der Waals surface area (Å²) in [6, 6.07) is 13.8. The highest BCUT2D eigenvalue weighted by Gasteiger charge is 2.12. The van der Waals surface area contributed by atoms with Gasteiger partial charge in [-0.1, -0.05) is 35.3 Å². The van der Waals surface area contributed by atoms with E-state index in [2.05, 4.69) is 4.98 Å². The molecule has 0 atom stereocenters. The van der Waals surface area contributed by atoms with E-state index in [4.69, 9.17) is 33.2 Å². The number of halogens is 2. The summed E-state index contributed by atoms with van der Waals surface area (Å²) in [6.07, 6.45) is 0. The van der Waals surface area contributed by atoms with E-state index in [0.717, 1.165) is 0 Å². The van der Waals surface area contributed by atoms with Crippen LogP contribution in [0.25, 0.3) is 10.9 Å². The Balaban J connectivity index is 2.00. The average Bonchev–Trinajstić information content (AvgIpc) is 2.57. The van der Waals surface area contributed by atoms with Crippen molar-refractivity contribution in [3.63, 3.8) is 0 Å². The molecule has 0 spiro atoms. The van der Waals surface area contributed by atoms with E-state index < -0.39 is 0 Å². The van der Waals surface area contributed by atoms with Gasteiger partial charge in [0.2, 0.25) is 0 Å². The maximum absolute atomic E-state index is 12.5. The highest BCUT2D eigenvalue weighted by molar-refractivity contribution is 6.35. The van der Waals surface area contributed by atoms with E-state index in [-0.39, 0.29) is 18.7 Å². The minimum Gasteiger partial charge on any atom is -0.484 e. The molecule has 1 heterocycles. The first-order valence-electron chi connectivity index (χ1n) is 7.03. The first kappa shape index (κ1) is 16.3. The number of hydrogen-bond acceptors (Lipinski definition) is 4. The molecular formula is C17H11Cl2N3O2. The van der Waals surface area contributed by atoms with Crippen molar-refractivity contribution >= 4 is 34.1 Å². The molecule has 0 N–H and O–H groups in total. The molecule has 7 heteroatoms. The Morgan fingerprint density at radius 1 is 1.21 bits per heavy atom. The molecule has 24 heavy (non-hydrogen) atoms. The normalized spacial score (nSPS) is 10.5. The predicted octanol–water partition coefficient (Wildman–Crippen LogP) is 3.81. The lowest BCUT2D eigenvalue weighted by Crippen LogP contribution is -2.26. The minimum absolute atomic E-state index is 0.00308. The second kappa shape index (κ2) is 6.91. The van der Waals surface area contributed by atoms with Crippen LogP contribution in [0.1, 0.15) is 5.82 Å². The molecule has 0 aliphatic heterocycles. The van der Waals surface area contributed by atoms with Gasteiger partial charge < -0.3 is 4.74 Å². The molecule has 0 aliphatic carbocycles. The van der Waals surface area contributed by atoms with Crippen LogP contribution in [0.3, 0.4) is 0 Å². The van der Waals surface area contributed by atoms with E-state index in [9.17, 15) is 4.79 Å². The van der Waals surface area contributed by atoms with E-state index in [0.29, 0.717) is 32.5 Å². The van der Waals surface area contributed by atoms with Crippen molar-refractivity contribution in [3.05, 3.63) is 68.7 Å². The molecule has 0 saturated heterocycles. The van der Waals surface area contributed by atoms with Gasteiger partial charge in [-0.2, -0.15) is 5.26 Å². The van der Waals surface area contributed by atoms with Gasteiger partial charge in [-0.25, -0.2) is 4.98 Å². The third-order valence-electron chi connectivity index (χ3n) is 3.42. The van der Waals surface area contributed by atoms with Crippen LogP contribution in [0.4, 0.5) is 0 Å². The lowest BCUT2D eigenvalue weighted by atomic mass is 10.2. The Hall–Kier alpha value is -2.55. The molecule has 3 aromatic rings. The van der Waals surface area contributed by atoms with Crippen molar-refractivity contribution in [2.45, 2.75) is 13.2 Å². The summed E-state index contributed by atoms with van der Waals surface area (Å²) < 4.78 is 6.94. The number of aromatic nitrogens is 2. The van der Waals surface area contributed by atoms with Crippen molar-refractivity contribution in [2.24, 2.45) is 0 Å². The Bertz CT molecular complexity index is 1010. The van der Waals surface area contributed by atoms with Crippen LogP contribution in [0.2, 0.25) is 10.0 Å². The van der Waals surface area contributed by atoms with Gasteiger partial charge in [-0.3, -0.25) is 9.36 Å². The summed E-state index contributed by atoms with van der Waals surface area (Å²) in [6.45, 7) is -0.104. The maximum atomic E-state index is 12.5. The van der Waals surface area contributed by atoms with Crippen molar-refractivity contribution in [1.82, 2.24) is 9.55 Å². The van der Waals surface area contributed by atoms with Gasteiger partial charge in [0, 0.05) is 5.02 Å². The monoisotopic (exact) mass is 359 g/mol. The highest BCUT2D eigenvalue weighted by atomic mass is 35.5. The zero-order valence-corrected chi connectivity index (χ0v) is 13.9. The standard InChI is InChI=1S/C17H11Cl2N3O2/c18-11-5-6-15(13(19)9-11)24-10-16-21-14-4-2-1-3-12(14)17(23)22(16)8-7-20/h1-6,9H,8,10H2. The van der Waals surface area contributed by atoms with Gasteiger partial charge >= 0.3 is 0 Å². The van der Waals surface area contributed by atoms with Gasteiger partial charge in [-0.05, 0) is 30.3 Å². The third-order valence-corrected chi connectivity index (χ3v) is 3.95. The first-order chi connectivity index (χ1) is 11.6. The molecule has 2 aromatic carbocycles. The molecule has 0 bridgehead atoms. The second-order valence-corrected chi connectivity index (χ2v) is 5.80. The Morgan fingerprint density at radius 3 is 2.75 bits per heavy atom. The molecule has 1 aromatic heterocycles. The van der Waals surface area contributed by atoms with Crippen LogP contribution in [0.5, 0.6) is 5.75 Å². The second-order valence-electron chi connectivity index (χ2n) is 4.96. The fraction of sp³-hybridized carbons (Fsp3) is 0.118. The largest absolute Gasteiger partial charge is 0.484 e. The molecule has 0 aliphatic rings. The number of nitrogens with zero attached hydrogens (tertiary/aromatic N) is 3. The Labute approximate surface area is 147 Å². The topological polar surface area (TPSA) is 67.9 Å². The van der Waals surface area contributed by atoms with Crippen LogP contribution in [0, 0.1) is 11.3 Å². The average molecular weight is 360 g/mol. The fourth-order valence-electron chi connectivity index (χ4n) is 2.29. The fourth-order valence-corrected chi connectivity index (χ4v) is 2.76. The van der Waals surface area contributed by atoms with Crippen molar-refractivity contribution in [3.8, 4) is 11.8 Å². The number of ether oxygens (including phenoxy) is 1. The molecule has 120 valence electrons. The van der Waals surface area contributed by atoms with Crippen LogP contribution in [-0.2, 0) is 13.2 Å². The zero-order valence-electron chi connectivity index (χ0n) is 12.4. The number of rotatable bonds is 4. The van der Waals surface area contributed by atoms with E-state index in [1.807, 2.05) is 6.07 Å². The number of fused-ring (bicyclic) bond motifs is 1. The summed E-state index contributed by atoms with van der Waals surface area (Å²) in [7, 11) is 0. The van der Waals surface area contributed by atoms with Crippen LogP contribution in [-0.4, -0.2) is 9.55 Å².